The van der Waals surface area contributed by atoms with Gasteiger partial charge in [0.05, 0.1) is 0 Å². The Kier molecular flexibility index (Phi) is 5.63. The summed E-state index contributed by atoms with van der Waals surface area (Å²) in [5.41, 5.74) is 1.28. The standard InChI is InChI=1S/C12H21N3S/c1-10(13-2)11-5-6-14-12(9-11)15(3)7-8-16-4/h5-6,9-10,13H,7-8H2,1-4H3. The number of rotatable bonds is 6. The van der Waals surface area contributed by atoms with Gasteiger partial charge in [0.25, 0.3) is 0 Å². The van der Waals surface area contributed by atoms with E-state index in [1.54, 1.807) is 0 Å². The molecule has 1 aromatic rings. The Balaban J connectivity index is 2.73. The van der Waals surface area contributed by atoms with E-state index in [0.29, 0.717) is 6.04 Å². The van der Waals surface area contributed by atoms with Gasteiger partial charge in [0.2, 0.25) is 0 Å². The monoisotopic (exact) mass is 239 g/mol. The third-order valence-electron chi connectivity index (χ3n) is 2.72. The molecular weight excluding hydrogens is 218 g/mol. The lowest BCUT2D eigenvalue weighted by molar-refractivity contribution is 0.651. The first kappa shape index (κ1) is 13.3. The van der Waals surface area contributed by atoms with Crippen LogP contribution in [0.1, 0.15) is 18.5 Å². The Labute approximate surface area is 103 Å². The van der Waals surface area contributed by atoms with Crippen molar-refractivity contribution in [2.75, 3.05) is 37.5 Å². The van der Waals surface area contributed by atoms with E-state index in [1.165, 1.54) is 5.56 Å². The molecule has 0 bridgehead atoms. The Morgan fingerprint density at radius 3 is 2.94 bits per heavy atom. The fourth-order valence-electron chi connectivity index (χ4n) is 1.42. The molecule has 0 spiro atoms. The Bertz CT molecular complexity index is 317. The normalized spacial score (nSPS) is 12.5. The van der Waals surface area contributed by atoms with Crippen molar-refractivity contribution >= 4 is 17.6 Å². The molecule has 0 amide bonds. The number of pyridine rings is 1. The first-order valence-corrected chi connectivity index (χ1v) is 6.91. The summed E-state index contributed by atoms with van der Waals surface area (Å²) in [7, 11) is 4.06. The van der Waals surface area contributed by atoms with Crippen LogP contribution in [0.25, 0.3) is 0 Å². The highest BCUT2D eigenvalue weighted by Gasteiger charge is 2.06. The first-order valence-electron chi connectivity index (χ1n) is 5.52. The van der Waals surface area contributed by atoms with Gasteiger partial charge in [-0.1, -0.05) is 0 Å². The van der Waals surface area contributed by atoms with Crippen LogP contribution in [0.5, 0.6) is 0 Å². The maximum absolute atomic E-state index is 4.40. The van der Waals surface area contributed by atoms with E-state index in [4.69, 9.17) is 0 Å². The SMILES string of the molecule is CNC(C)c1ccnc(N(C)CCSC)c1. The van der Waals surface area contributed by atoms with Crippen molar-refractivity contribution in [3.8, 4) is 0 Å². The largest absolute Gasteiger partial charge is 0.359 e. The molecule has 4 heteroatoms. The van der Waals surface area contributed by atoms with Gasteiger partial charge >= 0.3 is 0 Å². The van der Waals surface area contributed by atoms with Gasteiger partial charge in [-0.2, -0.15) is 11.8 Å². The predicted molar refractivity (Wildman–Crippen MR) is 73.4 cm³/mol. The molecule has 1 rings (SSSR count). The summed E-state index contributed by atoms with van der Waals surface area (Å²) in [6, 6.07) is 4.59. The highest BCUT2D eigenvalue weighted by molar-refractivity contribution is 7.98. The van der Waals surface area contributed by atoms with Crippen LogP contribution in [0.4, 0.5) is 5.82 Å². The molecule has 1 heterocycles. The molecule has 0 aliphatic heterocycles. The fraction of sp³-hybridized carbons (Fsp3) is 0.583. The number of hydrogen-bond acceptors (Lipinski definition) is 4. The summed E-state index contributed by atoms with van der Waals surface area (Å²) in [4.78, 5) is 6.59. The molecule has 1 N–H and O–H groups in total. The molecular formula is C12H21N3S. The summed E-state index contributed by atoms with van der Waals surface area (Å²) in [5, 5.41) is 3.24. The van der Waals surface area contributed by atoms with Crippen LogP contribution in [0.3, 0.4) is 0 Å². The van der Waals surface area contributed by atoms with Crippen LogP contribution in [0.2, 0.25) is 0 Å². The van der Waals surface area contributed by atoms with E-state index in [9.17, 15) is 0 Å². The molecule has 0 aliphatic rings. The van der Waals surface area contributed by atoms with Gasteiger partial charge in [-0.3, -0.25) is 0 Å². The van der Waals surface area contributed by atoms with Crippen molar-refractivity contribution in [2.45, 2.75) is 13.0 Å². The number of hydrogen-bond donors (Lipinski definition) is 1. The minimum absolute atomic E-state index is 0.371. The summed E-state index contributed by atoms with van der Waals surface area (Å²) < 4.78 is 0. The minimum Gasteiger partial charge on any atom is -0.359 e. The van der Waals surface area contributed by atoms with Gasteiger partial charge < -0.3 is 10.2 Å². The zero-order chi connectivity index (χ0) is 12.0. The van der Waals surface area contributed by atoms with E-state index >= 15 is 0 Å². The summed E-state index contributed by atoms with van der Waals surface area (Å²) >= 11 is 1.86. The number of aromatic nitrogens is 1. The summed E-state index contributed by atoms with van der Waals surface area (Å²) in [5.74, 6) is 2.18. The zero-order valence-electron chi connectivity index (χ0n) is 10.5. The zero-order valence-corrected chi connectivity index (χ0v) is 11.3. The maximum Gasteiger partial charge on any atom is 0.128 e. The lowest BCUT2D eigenvalue weighted by Gasteiger charge is -2.19. The van der Waals surface area contributed by atoms with Gasteiger partial charge in [-0.05, 0) is 37.9 Å². The molecule has 1 aromatic heterocycles. The summed E-state index contributed by atoms with van der Waals surface area (Å²) in [6.45, 7) is 3.19. The number of nitrogens with zero attached hydrogens (tertiary/aromatic N) is 2. The molecule has 0 fully saturated rings. The Hall–Kier alpha value is -0.740. The Morgan fingerprint density at radius 1 is 1.56 bits per heavy atom. The average Bonchev–Trinajstić information content (AvgIpc) is 2.35. The molecule has 0 aromatic carbocycles. The van der Waals surface area contributed by atoms with E-state index in [1.807, 2.05) is 25.0 Å². The second kappa shape index (κ2) is 6.76. The van der Waals surface area contributed by atoms with Gasteiger partial charge in [0, 0.05) is 31.6 Å². The van der Waals surface area contributed by atoms with Crippen LogP contribution < -0.4 is 10.2 Å². The second-order valence-electron chi connectivity index (χ2n) is 3.87. The predicted octanol–water partition coefficient (Wildman–Crippen LogP) is 2.16. The Morgan fingerprint density at radius 2 is 2.31 bits per heavy atom. The van der Waals surface area contributed by atoms with Crippen molar-refractivity contribution in [3.05, 3.63) is 23.9 Å². The molecule has 0 aliphatic carbocycles. The smallest absolute Gasteiger partial charge is 0.128 e. The quantitative estimate of drug-likeness (QED) is 0.823. The number of anilines is 1. The third kappa shape index (κ3) is 3.68. The molecule has 3 nitrogen and oxygen atoms in total. The van der Waals surface area contributed by atoms with E-state index in [0.717, 1.165) is 18.1 Å². The van der Waals surface area contributed by atoms with Crippen molar-refractivity contribution < 1.29 is 0 Å². The van der Waals surface area contributed by atoms with Gasteiger partial charge in [0.1, 0.15) is 5.82 Å². The van der Waals surface area contributed by atoms with Crippen LogP contribution in [-0.4, -0.2) is 37.6 Å². The number of nitrogens with one attached hydrogen (secondary N) is 1. The molecule has 0 saturated heterocycles. The van der Waals surface area contributed by atoms with E-state index in [2.05, 4.69) is 47.6 Å². The van der Waals surface area contributed by atoms with Crippen LogP contribution in [0, 0.1) is 0 Å². The van der Waals surface area contributed by atoms with Crippen molar-refractivity contribution in [3.63, 3.8) is 0 Å². The molecule has 0 saturated carbocycles. The lowest BCUT2D eigenvalue weighted by atomic mass is 10.1. The number of thioether (sulfide) groups is 1. The maximum atomic E-state index is 4.40. The first-order chi connectivity index (χ1) is 7.69. The van der Waals surface area contributed by atoms with Gasteiger partial charge in [-0.25, -0.2) is 4.98 Å². The second-order valence-corrected chi connectivity index (χ2v) is 4.86. The van der Waals surface area contributed by atoms with Gasteiger partial charge in [0.15, 0.2) is 0 Å². The van der Waals surface area contributed by atoms with Crippen LogP contribution in [-0.2, 0) is 0 Å². The topological polar surface area (TPSA) is 28.2 Å². The average molecular weight is 239 g/mol. The van der Waals surface area contributed by atoms with Crippen LogP contribution >= 0.6 is 11.8 Å². The van der Waals surface area contributed by atoms with Crippen molar-refractivity contribution in [2.24, 2.45) is 0 Å². The minimum atomic E-state index is 0.371. The molecule has 0 radical (unpaired) electrons. The van der Waals surface area contributed by atoms with Crippen molar-refractivity contribution in [1.82, 2.24) is 10.3 Å². The van der Waals surface area contributed by atoms with E-state index < -0.39 is 0 Å². The van der Waals surface area contributed by atoms with Crippen molar-refractivity contribution in [1.29, 1.82) is 0 Å². The molecule has 16 heavy (non-hydrogen) atoms. The third-order valence-corrected chi connectivity index (χ3v) is 3.32. The molecule has 1 atom stereocenters. The fourth-order valence-corrected chi connectivity index (χ4v) is 1.88. The highest BCUT2D eigenvalue weighted by Crippen LogP contribution is 2.17. The van der Waals surface area contributed by atoms with Crippen LogP contribution in [0.15, 0.2) is 18.3 Å². The van der Waals surface area contributed by atoms with E-state index in [-0.39, 0.29) is 0 Å². The summed E-state index contributed by atoms with van der Waals surface area (Å²) in [6.07, 6.45) is 4.01. The molecule has 1 unspecified atom stereocenters. The molecule has 90 valence electrons. The van der Waals surface area contributed by atoms with Gasteiger partial charge in [-0.15, -0.1) is 0 Å². The highest BCUT2D eigenvalue weighted by atomic mass is 32.2. The lowest BCUT2D eigenvalue weighted by Crippen LogP contribution is -2.22.